The van der Waals surface area contributed by atoms with Crippen LogP contribution in [0.25, 0.3) is 0 Å². The number of fused-ring (bicyclic) bond motifs is 1. The van der Waals surface area contributed by atoms with E-state index >= 15 is 0 Å². The van der Waals surface area contributed by atoms with Crippen LogP contribution in [0.2, 0.25) is 5.02 Å². The molecule has 1 atom stereocenters. The molecule has 0 spiro atoms. The number of rotatable bonds is 7. The highest BCUT2D eigenvalue weighted by molar-refractivity contribution is 6.30. The molecular formula is C22H19ClN5O4-. The van der Waals surface area contributed by atoms with Crippen LogP contribution < -0.4 is 15.2 Å². The van der Waals surface area contributed by atoms with Crippen molar-refractivity contribution in [3.63, 3.8) is 0 Å². The zero-order valence-corrected chi connectivity index (χ0v) is 17.9. The summed E-state index contributed by atoms with van der Waals surface area (Å²) in [4.78, 5) is 31.6. The van der Waals surface area contributed by atoms with Gasteiger partial charge in [0.05, 0.1) is 18.9 Å². The number of benzene rings is 2. The summed E-state index contributed by atoms with van der Waals surface area (Å²) in [6, 6.07) is 14.8. The van der Waals surface area contributed by atoms with Crippen LogP contribution in [0.15, 0.2) is 53.5 Å². The first-order valence-corrected chi connectivity index (χ1v) is 10.2. The summed E-state index contributed by atoms with van der Waals surface area (Å²) in [6.45, 7) is 0. The number of nitrogens with zero attached hydrogens (tertiary/aromatic N) is 4. The molecule has 0 bridgehead atoms. The minimum Gasteiger partial charge on any atom is -0.550 e. The minimum atomic E-state index is -1.30. The number of anilines is 1. The molecule has 1 aliphatic heterocycles. The number of halogens is 1. The summed E-state index contributed by atoms with van der Waals surface area (Å²) in [5.41, 5.74) is 2.67. The lowest BCUT2D eigenvalue weighted by molar-refractivity contribution is -0.305. The second-order valence-corrected chi connectivity index (χ2v) is 7.60. The molecule has 32 heavy (non-hydrogen) atoms. The maximum absolute atomic E-state index is 12.0. The molecule has 164 valence electrons. The van der Waals surface area contributed by atoms with Crippen molar-refractivity contribution >= 4 is 41.1 Å². The van der Waals surface area contributed by atoms with Crippen molar-refractivity contribution in [3.8, 4) is 5.75 Å². The molecule has 0 fully saturated rings. The summed E-state index contributed by atoms with van der Waals surface area (Å²) in [7, 11) is 1.60. The van der Waals surface area contributed by atoms with Crippen LogP contribution in [0, 0.1) is 0 Å². The summed E-state index contributed by atoms with van der Waals surface area (Å²) in [5.74, 6) is -0.690. The number of hydrogen-bond donors (Lipinski definition) is 1. The fourth-order valence-corrected chi connectivity index (χ4v) is 3.53. The van der Waals surface area contributed by atoms with E-state index in [0.29, 0.717) is 17.4 Å². The van der Waals surface area contributed by atoms with E-state index in [4.69, 9.17) is 16.3 Å². The lowest BCUT2D eigenvalue weighted by Gasteiger charge is -2.24. The Morgan fingerprint density at radius 2 is 1.88 bits per heavy atom. The van der Waals surface area contributed by atoms with Gasteiger partial charge in [0.1, 0.15) is 5.75 Å². The monoisotopic (exact) mass is 452 g/mol. The van der Waals surface area contributed by atoms with Crippen LogP contribution in [0.5, 0.6) is 5.75 Å². The molecule has 0 saturated heterocycles. The number of carbonyl (C=O) groups is 2. The smallest absolute Gasteiger partial charge is 0.250 e. The largest absolute Gasteiger partial charge is 0.550 e. The Morgan fingerprint density at radius 1 is 1.16 bits per heavy atom. The van der Waals surface area contributed by atoms with Gasteiger partial charge < -0.3 is 14.6 Å². The molecule has 9 nitrogen and oxygen atoms in total. The van der Waals surface area contributed by atoms with Crippen LogP contribution in [0.4, 0.5) is 11.9 Å². The van der Waals surface area contributed by atoms with Crippen LogP contribution in [0.1, 0.15) is 36.4 Å². The number of aromatic nitrogens is 3. The zero-order valence-electron chi connectivity index (χ0n) is 17.1. The Kier molecular flexibility index (Phi) is 6.18. The Labute approximate surface area is 188 Å². The van der Waals surface area contributed by atoms with Crippen molar-refractivity contribution in [2.24, 2.45) is 4.99 Å². The second-order valence-electron chi connectivity index (χ2n) is 7.16. The summed E-state index contributed by atoms with van der Waals surface area (Å²) in [6.07, 6.45) is -0.0669. The average molecular weight is 453 g/mol. The maximum Gasteiger partial charge on any atom is 0.250 e. The van der Waals surface area contributed by atoms with Gasteiger partial charge in [-0.2, -0.15) is 4.98 Å². The van der Waals surface area contributed by atoms with Crippen molar-refractivity contribution < 1.29 is 19.4 Å². The first-order chi connectivity index (χ1) is 15.4. The Bertz CT molecular complexity index is 1170. The number of carboxylic acids is 1. The molecular weight excluding hydrogens is 434 g/mol. The van der Waals surface area contributed by atoms with Crippen molar-refractivity contribution in [3.05, 3.63) is 64.7 Å². The van der Waals surface area contributed by atoms with Gasteiger partial charge in [-0.05, 0) is 41.8 Å². The molecule has 1 aromatic heterocycles. The highest BCUT2D eigenvalue weighted by atomic mass is 35.5. The molecule has 2 aromatic carbocycles. The lowest BCUT2D eigenvalue weighted by Crippen LogP contribution is -2.24. The third kappa shape index (κ3) is 4.78. The molecule has 2 heterocycles. The summed E-state index contributed by atoms with van der Waals surface area (Å²) >= 11 is 6.02. The van der Waals surface area contributed by atoms with Crippen LogP contribution in [-0.4, -0.2) is 39.5 Å². The van der Waals surface area contributed by atoms with E-state index in [-0.39, 0.29) is 24.8 Å². The number of hydrogen-bond acceptors (Lipinski definition) is 7. The predicted octanol–water partition coefficient (Wildman–Crippen LogP) is 2.52. The van der Waals surface area contributed by atoms with Gasteiger partial charge >= 0.3 is 0 Å². The van der Waals surface area contributed by atoms with E-state index in [2.05, 4.69) is 20.4 Å². The van der Waals surface area contributed by atoms with Gasteiger partial charge in [-0.15, -0.1) is 5.10 Å². The lowest BCUT2D eigenvalue weighted by atomic mass is 9.96. The molecule has 1 N–H and O–H groups in total. The molecule has 3 aromatic rings. The van der Waals surface area contributed by atoms with Gasteiger partial charge in [0.15, 0.2) is 0 Å². The van der Waals surface area contributed by atoms with Crippen LogP contribution >= 0.6 is 11.6 Å². The van der Waals surface area contributed by atoms with Crippen LogP contribution in [-0.2, 0) is 9.59 Å². The van der Waals surface area contributed by atoms with Crippen LogP contribution in [0.3, 0.4) is 0 Å². The van der Waals surface area contributed by atoms with E-state index < -0.39 is 11.9 Å². The van der Waals surface area contributed by atoms with E-state index in [1.165, 1.54) is 0 Å². The van der Waals surface area contributed by atoms with E-state index in [1.54, 1.807) is 23.9 Å². The Hall–Kier alpha value is -3.72. The number of methoxy groups -OCH3 is 1. The van der Waals surface area contributed by atoms with Gasteiger partial charge in [-0.3, -0.25) is 10.1 Å². The summed E-state index contributed by atoms with van der Waals surface area (Å²) in [5, 5.41) is 18.2. The number of carboxylic acid groups (broad SMARTS) is 1. The number of amides is 1. The van der Waals surface area contributed by atoms with E-state index in [1.807, 2.05) is 36.4 Å². The van der Waals surface area contributed by atoms with Crippen molar-refractivity contribution in [1.29, 1.82) is 0 Å². The third-order valence-corrected chi connectivity index (χ3v) is 5.27. The van der Waals surface area contributed by atoms with Gasteiger partial charge in [-0.25, -0.2) is 9.67 Å². The molecule has 0 radical (unpaired) electrons. The molecule has 10 heteroatoms. The van der Waals surface area contributed by atoms with Gasteiger partial charge in [0.25, 0.3) is 11.9 Å². The first kappa shape index (κ1) is 21.5. The zero-order chi connectivity index (χ0) is 22.7. The third-order valence-electron chi connectivity index (χ3n) is 5.02. The maximum atomic E-state index is 12.0. The molecule has 4 rings (SSSR count). The quantitative estimate of drug-likeness (QED) is 0.587. The average Bonchev–Trinajstić information content (AvgIpc) is 3.20. The second kappa shape index (κ2) is 9.19. The fourth-order valence-electron chi connectivity index (χ4n) is 3.40. The normalized spacial score (nSPS) is 14.9. The fraction of sp³-hybridized carbons (Fsp3) is 0.227. The Morgan fingerprint density at radius 3 is 2.53 bits per heavy atom. The van der Waals surface area contributed by atoms with Crippen molar-refractivity contribution in [2.45, 2.75) is 25.3 Å². The molecule has 1 amide bonds. The molecule has 0 saturated carbocycles. The molecule has 1 unspecified atom stereocenters. The number of aliphatic carboxylic acids is 1. The minimum absolute atomic E-state index is 0.0583. The number of ether oxygens (including phenoxy) is 1. The molecule has 1 aliphatic rings. The number of nitrogens with one attached hydrogen (secondary N) is 1. The number of carbonyl (C=O) groups excluding carboxylic acids is 2. The summed E-state index contributed by atoms with van der Waals surface area (Å²) < 4.78 is 6.90. The number of aliphatic imine (C=N–C) groups is 1. The SMILES string of the molecule is COc1ccc(C2CC(c3ccc(Cl)cc3)=Nc3nc(NC(=O)CCC(=O)[O-])nn32)cc1. The highest BCUT2D eigenvalue weighted by Gasteiger charge is 2.28. The van der Waals surface area contributed by atoms with Crippen molar-refractivity contribution in [2.75, 3.05) is 12.4 Å². The van der Waals surface area contributed by atoms with E-state index in [9.17, 15) is 14.7 Å². The topological polar surface area (TPSA) is 122 Å². The van der Waals surface area contributed by atoms with Gasteiger partial charge in [0, 0.05) is 23.8 Å². The highest BCUT2D eigenvalue weighted by Crippen LogP contribution is 2.34. The van der Waals surface area contributed by atoms with Crippen molar-refractivity contribution in [1.82, 2.24) is 14.8 Å². The Balaban J connectivity index is 1.68. The van der Waals surface area contributed by atoms with E-state index in [0.717, 1.165) is 22.6 Å². The molecule has 0 aliphatic carbocycles. The van der Waals surface area contributed by atoms with Gasteiger partial charge in [0.2, 0.25) is 5.91 Å². The first-order valence-electron chi connectivity index (χ1n) is 9.86. The van der Waals surface area contributed by atoms with Gasteiger partial charge in [-0.1, -0.05) is 35.9 Å². The predicted molar refractivity (Wildman–Crippen MR) is 116 cm³/mol. The standard InChI is InChI=1S/C22H20ClN5O4/c1-32-16-8-4-14(5-9-16)18-12-17(13-2-6-15(23)7-3-13)24-22-26-21(27-28(18)22)25-19(29)10-11-20(30)31/h2-9,18H,10-12H2,1H3,(H,30,31)(H,25,27,29)/p-1.